The molecule has 0 saturated carbocycles. The smallest absolute Gasteiger partial charge is 0.404 e. The van der Waals surface area contributed by atoms with Gasteiger partial charge in [-0.25, -0.2) is 9.78 Å². The maximum Gasteiger partial charge on any atom is 0.404 e. The number of rotatable bonds is 12. The average molecular weight is 572 g/mol. The van der Waals surface area contributed by atoms with Crippen LogP contribution in [0.5, 0.6) is 0 Å². The number of piperidine rings is 1. The fraction of sp³-hybridized carbons (Fsp3) is 0.607. The predicted molar refractivity (Wildman–Crippen MR) is 160 cm³/mol. The van der Waals surface area contributed by atoms with Crippen molar-refractivity contribution in [3.8, 4) is 0 Å². The van der Waals surface area contributed by atoms with Crippen LogP contribution in [0.3, 0.4) is 0 Å². The largest absolute Gasteiger partial charge is 0.465 e. The maximum absolute atomic E-state index is 12.3. The van der Waals surface area contributed by atoms with Crippen molar-refractivity contribution in [3.63, 3.8) is 0 Å². The van der Waals surface area contributed by atoms with Crippen molar-refractivity contribution in [2.75, 3.05) is 23.3 Å². The summed E-state index contributed by atoms with van der Waals surface area (Å²) in [5, 5.41) is 15.4. The first-order valence-corrected chi connectivity index (χ1v) is 16.8. The van der Waals surface area contributed by atoms with Gasteiger partial charge in [-0.15, -0.1) is 0 Å². The van der Waals surface area contributed by atoms with E-state index in [1.165, 1.54) is 6.20 Å². The first-order chi connectivity index (χ1) is 18.9. The normalized spacial score (nSPS) is 17.8. The number of hydrogen-bond donors (Lipinski definition) is 4. The molecule has 12 heteroatoms. The number of primary amides is 1. The van der Waals surface area contributed by atoms with Crippen molar-refractivity contribution in [3.05, 3.63) is 35.3 Å². The van der Waals surface area contributed by atoms with Crippen LogP contribution in [-0.2, 0) is 4.43 Å². The summed E-state index contributed by atoms with van der Waals surface area (Å²) >= 11 is 0. The first-order valence-electron chi connectivity index (χ1n) is 14.3. The Labute approximate surface area is 238 Å². The van der Waals surface area contributed by atoms with Gasteiger partial charge in [0, 0.05) is 36.4 Å². The monoisotopic (exact) mass is 571 g/mol. The van der Waals surface area contributed by atoms with Gasteiger partial charge in [0.15, 0.2) is 8.32 Å². The molecule has 1 fully saturated rings. The molecule has 11 nitrogen and oxygen atoms in total. The standard InChI is InChI=1S/C28H45N7O4Si/c1-8-40(9-2,10-3)39-21-11-20(32-28(37)38)15-35(16-21)27-30-14-22(25(29)36)26(34-27)31-19-12-23(17(4)5)33-24(13-19)18(6)7/h12-14,17-18,20-21,32H,8-11,15-16H2,1-7H3,(H2,29,36)(H,37,38)(H,30,31,33,34)/t20-,21+/m1/s1. The third-order valence-corrected chi connectivity index (χ3v) is 12.4. The SMILES string of the molecule is CC[Si](CC)(CC)O[C@H]1C[C@@H](NC(=O)O)CN(c2ncc(C(N)=O)c(Nc3cc(C(C)C)nc(C(C)C)c3)n2)C1. The fourth-order valence-corrected chi connectivity index (χ4v) is 7.99. The highest BCUT2D eigenvalue weighted by molar-refractivity contribution is 6.73. The van der Waals surface area contributed by atoms with Gasteiger partial charge in [-0.1, -0.05) is 48.5 Å². The Morgan fingerprint density at radius 2 is 1.68 bits per heavy atom. The highest BCUT2D eigenvalue weighted by atomic mass is 28.4. The lowest BCUT2D eigenvalue weighted by molar-refractivity contribution is 0.1000. The Morgan fingerprint density at radius 3 is 2.17 bits per heavy atom. The lowest BCUT2D eigenvalue weighted by atomic mass is 10.0. The zero-order valence-corrected chi connectivity index (χ0v) is 25.8. The number of pyridine rings is 1. The minimum atomic E-state index is -1.94. The van der Waals surface area contributed by atoms with Gasteiger partial charge in [0.1, 0.15) is 11.4 Å². The van der Waals surface area contributed by atoms with Crippen LogP contribution in [0.2, 0.25) is 18.1 Å². The maximum atomic E-state index is 12.3. The summed E-state index contributed by atoms with van der Waals surface area (Å²) < 4.78 is 6.76. The number of nitrogens with one attached hydrogen (secondary N) is 2. The molecule has 0 aliphatic carbocycles. The molecular weight excluding hydrogens is 526 g/mol. The van der Waals surface area contributed by atoms with E-state index < -0.39 is 20.3 Å². The molecule has 2 aromatic rings. The number of hydrogen-bond acceptors (Lipinski definition) is 8. The molecule has 5 N–H and O–H groups in total. The minimum Gasteiger partial charge on any atom is -0.465 e. The van der Waals surface area contributed by atoms with Crippen molar-refractivity contribution in [1.82, 2.24) is 20.3 Å². The molecule has 0 bridgehead atoms. The van der Waals surface area contributed by atoms with Gasteiger partial charge >= 0.3 is 6.09 Å². The quantitative estimate of drug-likeness (QED) is 0.252. The number of anilines is 3. The van der Waals surface area contributed by atoms with E-state index in [4.69, 9.17) is 20.1 Å². The summed E-state index contributed by atoms with van der Waals surface area (Å²) in [6.07, 6.45) is 0.751. The Kier molecular flexibility index (Phi) is 10.5. The summed E-state index contributed by atoms with van der Waals surface area (Å²) in [4.78, 5) is 39.8. The van der Waals surface area contributed by atoms with Crippen molar-refractivity contribution < 1.29 is 19.1 Å². The van der Waals surface area contributed by atoms with Crippen LogP contribution in [-0.4, -0.2) is 65.6 Å². The summed E-state index contributed by atoms with van der Waals surface area (Å²) in [6.45, 7) is 15.7. The molecule has 1 aliphatic heterocycles. The number of carbonyl (C=O) groups excluding carboxylic acids is 1. The van der Waals surface area contributed by atoms with E-state index in [0.29, 0.717) is 31.3 Å². The zero-order valence-electron chi connectivity index (χ0n) is 24.8. The van der Waals surface area contributed by atoms with Crippen molar-refractivity contribution >= 4 is 37.8 Å². The Balaban J connectivity index is 1.99. The summed E-state index contributed by atoms with van der Waals surface area (Å²) in [7, 11) is -1.94. The van der Waals surface area contributed by atoms with Crippen LogP contribution in [0.25, 0.3) is 0 Å². The molecule has 0 radical (unpaired) electrons. The molecule has 40 heavy (non-hydrogen) atoms. The number of amides is 2. The summed E-state index contributed by atoms with van der Waals surface area (Å²) in [5.41, 5.74) is 8.47. The molecule has 2 aromatic heterocycles. The number of nitrogens with zero attached hydrogens (tertiary/aromatic N) is 4. The average Bonchev–Trinajstić information content (AvgIpc) is 2.91. The van der Waals surface area contributed by atoms with E-state index in [9.17, 15) is 14.7 Å². The van der Waals surface area contributed by atoms with Crippen LogP contribution in [0, 0.1) is 0 Å². The van der Waals surface area contributed by atoms with Gasteiger partial charge < -0.3 is 30.8 Å². The third kappa shape index (κ3) is 7.69. The van der Waals surface area contributed by atoms with Crippen LogP contribution in [0.15, 0.2) is 18.3 Å². The van der Waals surface area contributed by atoms with E-state index in [2.05, 4.69) is 64.1 Å². The fourth-order valence-electron chi connectivity index (χ4n) is 5.11. The Hall–Kier alpha value is -3.25. The molecule has 0 aromatic carbocycles. The number of carbonyl (C=O) groups is 2. The second kappa shape index (κ2) is 13.4. The number of carboxylic acid groups (broad SMARTS) is 1. The van der Waals surface area contributed by atoms with Crippen molar-refractivity contribution in [2.24, 2.45) is 5.73 Å². The van der Waals surface area contributed by atoms with Crippen molar-refractivity contribution in [2.45, 2.75) is 97.0 Å². The molecule has 1 saturated heterocycles. The molecule has 2 amide bonds. The van der Waals surface area contributed by atoms with E-state index in [1.807, 2.05) is 17.0 Å². The second-order valence-corrected chi connectivity index (χ2v) is 15.9. The van der Waals surface area contributed by atoms with Gasteiger partial charge in [-0.2, -0.15) is 4.98 Å². The van der Waals surface area contributed by atoms with Gasteiger partial charge in [-0.3, -0.25) is 9.78 Å². The number of aromatic nitrogens is 3. The lowest BCUT2D eigenvalue weighted by Gasteiger charge is -2.42. The number of nitrogens with two attached hydrogens (primary N) is 1. The lowest BCUT2D eigenvalue weighted by Crippen LogP contribution is -2.56. The van der Waals surface area contributed by atoms with Crippen LogP contribution < -0.4 is 21.3 Å². The second-order valence-electron chi connectivity index (χ2n) is 11.2. The molecule has 3 heterocycles. The van der Waals surface area contributed by atoms with Crippen molar-refractivity contribution in [1.29, 1.82) is 0 Å². The van der Waals surface area contributed by atoms with E-state index in [1.54, 1.807) is 0 Å². The topological polar surface area (TPSA) is 156 Å². The highest BCUT2D eigenvalue weighted by Gasteiger charge is 2.37. The zero-order chi connectivity index (χ0) is 29.6. The molecule has 2 atom stereocenters. The van der Waals surface area contributed by atoms with Gasteiger partial charge in [-0.05, 0) is 48.5 Å². The molecule has 3 rings (SSSR count). The van der Waals surface area contributed by atoms with Crippen LogP contribution >= 0.6 is 0 Å². The third-order valence-electron chi connectivity index (χ3n) is 7.72. The Morgan fingerprint density at radius 1 is 1.07 bits per heavy atom. The Bertz CT molecular complexity index is 1150. The van der Waals surface area contributed by atoms with Gasteiger partial charge in [0.2, 0.25) is 5.95 Å². The van der Waals surface area contributed by atoms with E-state index >= 15 is 0 Å². The summed E-state index contributed by atoms with van der Waals surface area (Å²) in [5.74, 6) is 0.441. The van der Waals surface area contributed by atoms with Gasteiger partial charge in [0.05, 0.1) is 12.1 Å². The molecular formula is C28H45N7O4Si. The van der Waals surface area contributed by atoms with Crippen LogP contribution in [0.1, 0.15) is 88.5 Å². The molecule has 1 aliphatic rings. The summed E-state index contributed by atoms with van der Waals surface area (Å²) in [6, 6.07) is 6.53. The van der Waals surface area contributed by atoms with E-state index in [-0.39, 0.29) is 29.5 Å². The van der Waals surface area contributed by atoms with Gasteiger partial charge in [0.25, 0.3) is 5.91 Å². The van der Waals surface area contributed by atoms with E-state index in [0.717, 1.165) is 35.2 Å². The highest BCUT2D eigenvalue weighted by Crippen LogP contribution is 2.30. The molecule has 0 unspecified atom stereocenters. The molecule has 220 valence electrons. The molecule has 0 spiro atoms. The van der Waals surface area contributed by atoms with Crippen LogP contribution in [0.4, 0.5) is 22.2 Å². The predicted octanol–water partition coefficient (Wildman–Crippen LogP) is 5.20. The first kappa shape index (κ1) is 31.3. The minimum absolute atomic E-state index is 0.164.